The van der Waals surface area contributed by atoms with E-state index in [0.29, 0.717) is 12.6 Å². The summed E-state index contributed by atoms with van der Waals surface area (Å²) in [5.41, 5.74) is 1.44. The summed E-state index contributed by atoms with van der Waals surface area (Å²) in [4.78, 5) is 2.59. The molecule has 0 aromatic heterocycles. The van der Waals surface area contributed by atoms with Gasteiger partial charge in [-0.05, 0) is 50.8 Å². The zero-order chi connectivity index (χ0) is 12.6. The molecule has 0 aliphatic carbocycles. The number of aliphatic hydroxyl groups excluding tert-OH is 1. The van der Waals surface area contributed by atoms with E-state index >= 15 is 0 Å². The van der Waals surface area contributed by atoms with Crippen molar-refractivity contribution in [3.63, 3.8) is 0 Å². The van der Waals surface area contributed by atoms with E-state index < -0.39 is 0 Å². The fraction of sp³-hybridized carbons (Fsp3) is 0.625. The van der Waals surface area contributed by atoms with Crippen molar-refractivity contribution in [3.05, 3.63) is 35.9 Å². The number of hydrogen-bond donors (Lipinski definition) is 1. The summed E-state index contributed by atoms with van der Waals surface area (Å²) in [7, 11) is 0. The SMILES string of the molecule is OCCC1CCCCN1CCCc1ccccc1. The summed E-state index contributed by atoms with van der Waals surface area (Å²) in [6, 6.07) is 11.4. The zero-order valence-corrected chi connectivity index (χ0v) is 11.2. The lowest BCUT2D eigenvalue weighted by molar-refractivity contribution is 0.118. The standard InChI is InChI=1S/C16H25NO/c18-14-11-16-10-4-5-12-17(16)13-6-9-15-7-2-1-3-8-15/h1-3,7-8,16,18H,4-6,9-14H2. The first-order valence-corrected chi connectivity index (χ1v) is 7.29. The van der Waals surface area contributed by atoms with Crippen LogP contribution in [0.2, 0.25) is 0 Å². The topological polar surface area (TPSA) is 23.5 Å². The average Bonchev–Trinajstić information content (AvgIpc) is 2.42. The Morgan fingerprint density at radius 2 is 2.00 bits per heavy atom. The van der Waals surface area contributed by atoms with E-state index in [4.69, 9.17) is 5.11 Å². The summed E-state index contributed by atoms with van der Waals surface area (Å²) in [6.45, 7) is 2.73. The Labute approximate surface area is 111 Å². The summed E-state index contributed by atoms with van der Waals surface area (Å²) in [6.07, 6.45) is 7.28. The number of hydrogen-bond acceptors (Lipinski definition) is 2. The molecule has 1 atom stereocenters. The first kappa shape index (κ1) is 13.6. The van der Waals surface area contributed by atoms with Gasteiger partial charge in [0.05, 0.1) is 0 Å². The molecule has 0 amide bonds. The molecule has 1 aromatic rings. The Kier molecular flexibility index (Phi) is 5.69. The lowest BCUT2D eigenvalue weighted by Crippen LogP contribution is -2.40. The monoisotopic (exact) mass is 247 g/mol. The van der Waals surface area contributed by atoms with Gasteiger partial charge in [0.25, 0.3) is 0 Å². The highest BCUT2D eigenvalue weighted by atomic mass is 16.3. The Balaban J connectivity index is 1.74. The number of nitrogens with zero attached hydrogens (tertiary/aromatic N) is 1. The second kappa shape index (κ2) is 7.55. The second-order valence-corrected chi connectivity index (χ2v) is 5.29. The lowest BCUT2D eigenvalue weighted by Gasteiger charge is -2.35. The van der Waals surface area contributed by atoms with Crippen LogP contribution < -0.4 is 0 Å². The van der Waals surface area contributed by atoms with Crippen molar-refractivity contribution >= 4 is 0 Å². The molecule has 1 aliphatic rings. The van der Waals surface area contributed by atoms with Crippen molar-refractivity contribution in [1.29, 1.82) is 0 Å². The van der Waals surface area contributed by atoms with E-state index in [1.165, 1.54) is 50.8 Å². The molecule has 1 aliphatic heterocycles. The van der Waals surface area contributed by atoms with Crippen LogP contribution in [-0.2, 0) is 6.42 Å². The molecule has 1 unspecified atom stereocenters. The van der Waals surface area contributed by atoms with Crippen molar-refractivity contribution in [3.8, 4) is 0 Å². The molecule has 2 heteroatoms. The normalized spacial score (nSPS) is 21.1. The van der Waals surface area contributed by atoms with Gasteiger partial charge in [-0.25, -0.2) is 0 Å². The lowest BCUT2D eigenvalue weighted by atomic mass is 9.99. The fourth-order valence-electron chi connectivity index (χ4n) is 2.96. The molecular formula is C16H25NO. The van der Waals surface area contributed by atoms with Gasteiger partial charge in [0, 0.05) is 12.6 Å². The van der Waals surface area contributed by atoms with Gasteiger partial charge in [-0.1, -0.05) is 36.8 Å². The molecule has 0 radical (unpaired) electrons. The maximum atomic E-state index is 9.11. The summed E-state index contributed by atoms with van der Waals surface area (Å²) >= 11 is 0. The number of benzene rings is 1. The third kappa shape index (κ3) is 4.11. The first-order valence-electron chi connectivity index (χ1n) is 7.29. The van der Waals surface area contributed by atoms with Gasteiger partial charge >= 0.3 is 0 Å². The predicted octanol–water partition coefficient (Wildman–Crippen LogP) is 2.86. The highest BCUT2D eigenvalue weighted by Gasteiger charge is 2.20. The minimum absolute atomic E-state index is 0.333. The van der Waals surface area contributed by atoms with E-state index in [9.17, 15) is 0 Å². The molecule has 1 saturated heterocycles. The van der Waals surface area contributed by atoms with Crippen LogP contribution in [-0.4, -0.2) is 35.7 Å². The number of likely N-dealkylation sites (tertiary alicyclic amines) is 1. The molecule has 1 N–H and O–H groups in total. The quantitative estimate of drug-likeness (QED) is 0.835. The van der Waals surface area contributed by atoms with Crippen LogP contribution in [0.15, 0.2) is 30.3 Å². The summed E-state index contributed by atoms with van der Waals surface area (Å²) in [5.74, 6) is 0. The third-order valence-corrected chi connectivity index (χ3v) is 3.96. The minimum atomic E-state index is 0.333. The van der Waals surface area contributed by atoms with Crippen molar-refractivity contribution < 1.29 is 5.11 Å². The van der Waals surface area contributed by atoms with Gasteiger partial charge in [-0.3, -0.25) is 0 Å². The second-order valence-electron chi connectivity index (χ2n) is 5.29. The van der Waals surface area contributed by atoms with Crippen LogP contribution in [0.25, 0.3) is 0 Å². The molecule has 1 heterocycles. The zero-order valence-electron chi connectivity index (χ0n) is 11.2. The van der Waals surface area contributed by atoms with Gasteiger partial charge in [0.2, 0.25) is 0 Å². The molecule has 2 nitrogen and oxygen atoms in total. The van der Waals surface area contributed by atoms with Crippen molar-refractivity contribution in [2.75, 3.05) is 19.7 Å². The maximum Gasteiger partial charge on any atom is 0.0445 e. The molecule has 100 valence electrons. The van der Waals surface area contributed by atoms with Crippen LogP contribution in [0.1, 0.15) is 37.7 Å². The number of rotatable bonds is 6. The van der Waals surface area contributed by atoms with Crippen LogP contribution in [0.4, 0.5) is 0 Å². The molecule has 1 fully saturated rings. The van der Waals surface area contributed by atoms with Crippen LogP contribution in [0, 0.1) is 0 Å². The van der Waals surface area contributed by atoms with Gasteiger partial charge in [-0.2, -0.15) is 0 Å². The smallest absolute Gasteiger partial charge is 0.0445 e. The molecule has 2 rings (SSSR count). The van der Waals surface area contributed by atoms with E-state index in [1.54, 1.807) is 0 Å². The number of piperidine rings is 1. The molecule has 0 bridgehead atoms. The van der Waals surface area contributed by atoms with Gasteiger partial charge in [-0.15, -0.1) is 0 Å². The summed E-state index contributed by atoms with van der Waals surface area (Å²) < 4.78 is 0. The Morgan fingerprint density at radius 1 is 1.17 bits per heavy atom. The average molecular weight is 247 g/mol. The Hall–Kier alpha value is -0.860. The molecule has 18 heavy (non-hydrogen) atoms. The largest absolute Gasteiger partial charge is 0.396 e. The van der Waals surface area contributed by atoms with Crippen molar-refractivity contribution in [2.24, 2.45) is 0 Å². The number of aliphatic hydroxyl groups is 1. The van der Waals surface area contributed by atoms with E-state index in [2.05, 4.69) is 35.2 Å². The predicted molar refractivity (Wildman–Crippen MR) is 75.7 cm³/mol. The maximum absolute atomic E-state index is 9.11. The number of aryl methyl sites for hydroxylation is 1. The highest BCUT2D eigenvalue weighted by Crippen LogP contribution is 2.19. The molecule has 0 spiro atoms. The van der Waals surface area contributed by atoms with Gasteiger partial charge in [0.15, 0.2) is 0 Å². The van der Waals surface area contributed by atoms with E-state index in [-0.39, 0.29) is 0 Å². The third-order valence-electron chi connectivity index (χ3n) is 3.96. The molecule has 0 saturated carbocycles. The van der Waals surface area contributed by atoms with Crippen LogP contribution in [0.5, 0.6) is 0 Å². The summed E-state index contributed by atoms with van der Waals surface area (Å²) in [5, 5.41) is 9.11. The molecule has 1 aromatic carbocycles. The fourth-order valence-corrected chi connectivity index (χ4v) is 2.96. The highest BCUT2D eigenvalue weighted by molar-refractivity contribution is 5.14. The van der Waals surface area contributed by atoms with E-state index in [1.807, 2.05) is 0 Å². The minimum Gasteiger partial charge on any atom is -0.396 e. The van der Waals surface area contributed by atoms with Gasteiger partial charge in [0.1, 0.15) is 0 Å². The first-order chi connectivity index (χ1) is 8.90. The van der Waals surface area contributed by atoms with Crippen LogP contribution in [0.3, 0.4) is 0 Å². The Bertz CT molecular complexity index is 323. The molecular weight excluding hydrogens is 222 g/mol. The van der Waals surface area contributed by atoms with Crippen LogP contribution >= 0.6 is 0 Å². The Morgan fingerprint density at radius 3 is 2.78 bits per heavy atom. The van der Waals surface area contributed by atoms with Crippen molar-refractivity contribution in [1.82, 2.24) is 4.90 Å². The van der Waals surface area contributed by atoms with Gasteiger partial charge < -0.3 is 10.0 Å². The van der Waals surface area contributed by atoms with E-state index in [0.717, 1.165) is 6.42 Å². The van der Waals surface area contributed by atoms with Crippen molar-refractivity contribution in [2.45, 2.75) is 44.6 Å².